The van der Waals surface area contributed by atoms with Gasteiger partial charge in [0.2, 0.25) is 0 Å². The zero-order valence-corrected chi connectivity index (χ0v) is 28.9. The Labute approximate surface area is 297 Å². The summed E-state index contributed by atoms with van der Waals surface area (Å²) >= 11 is 3.82. The zero-order chi connectivity index (χ0) is 34.8. The van der Waals surface area contributed by atoms with Crippen LogP contribution in [-0.4, -0.2) is 57.2 Å². The predicted octanol–water partition coefficient (Wildman–Crippen LogP) is 6.09. The number of carbonyl (C=O) groups is 4. The molecule has 15 heteroatoms. The molecule has 2 amide bonds. The van der Waals surface area contributed by atoms with Crippen molar-refractivity contribution in [2.45, 2.75) is 39.6 Å². The molecule has 0 saturated carbocycles. The van der Waals surface area contributed by atoms with Crippen molar-refractivity contribution >= 4 is 70.8 Å². The Bertz CT molecular complexity index is 1920. The highest BCUT2D eigenvalue weighted by molar-refractivity contribution is 8.26. The van der Waals surface area contributed by atoms with Gasteiger partial charge in [-0.2, -0.15) is 5.26 Å². The van der Waals surface area contributed by atoms with Crippen LogP contribution in [0.25, 0.3) is 0 Å². The van der Waals surface area contributed by atoms with Gasteiger partial charge in [-0.1, -0.05) is 114 Å². The lowest BCUT2D eigenvalue weighted by Gasteiger charge is -2.27. The van der Waals surface area contributed by atoms with Gasteiger partial charge in [-0.15, -0.1) is 0 Å². The van der Waals surface area contributed by atoms with Crippen molar-refractivity contribution in [2.75, 3.05) is 13.2 Å². The molecule has 6 rings (SSSR count). The largest absolute Gasteiger partial charge is 0.505 e. The summed E-state index contributed by atoms with van der Waals surface area (Å²) in [6.45, 7) is 4.74. The van der Waals surface area contributed by atoms with E-state index in [1.54, 1.807) is 0 Å². The van der Waals surface area contributed by atoms with Crippen molar-refractivity contribution in [3.63, 3.8) is 0 Å². The van der Waals surface area contributed by atoms with E-state index in [0.717, 1.165) is 58.2 Å². The third kappa shape index (κ3) is 6.77. The van der Waals surface area contributed by atoms with Gasteiger partial charge in [-0.05, 0) is 18.1 Å². The summed E-state index contributed by atoms with van der Waals surface area (Å²) < 4.78 is 10.5. The molecule has 1 fully saturated rings. The topological polar surface area (TPSA) is 157 Å². The summed E-state index contributed by atoms with van der Waals surface area (Å²) in [5.41, 5.74) is 1.43. The number of thioether (sulfide) groups is 4. The van der Waals surface area contributed by atoms with E-state index in [-0.39, 0.29) is 78.3 Å². The van der Waals surface area contributed by atoms with Crippen molar-refractivity contribution in [3.05, 3.63) is 104 Å². The first-order chi connectivity index (χ1) is 23.6. The minimum absolute atomic E-state index is 0.0682. The minimum Gasteiger partial charge on any atom is -0.505 e. The number of esters is 2. The number of hydrazine groups is 1. The number of nitriles is 1. The van der Waals surface area contributed by atoms with Crippen LogP contribution >= 0.6 is 47.0 Å². The van der Waals surface area contributed by atoms with E-state index in [0.29, 0.717) is 4.24 Å². The van der Waals surface area contributed by atoms with Crippen LogP contribution in [0.4, 0.5) is 0 Å². The highest BCUT2D eigenvalue weighted by atomic mass is 32.2. The first-order valence-corrected chi connectivity index (χ1v) is 17.8. The Morgan fingerprint density at radius 1 is 0.755 bits per heavy atom. The van der Waals surface area contributed by atoms with Gasteiger partial charge in [-0.3, -0.25) is 9.59 Å². The molecule has 49 heavy (non-hydrogen) atoms. The summed E-state index contributed by atoms with van der Waals surface area (Å²) in [4.78, 5) is 53.0. The molecule has 11 nitrogen and oxygen atoms in total. The maximum absolute atomic E-state index is 13.9. The fourth-order valence-electron chi connectivity index (χ4n) is 4.84. The van der Waals surface area contributed by atoms with Crippen LogP contribution in [0.15, 0.2) is 112 Å². The van der Waals surface area contributed by atoms with E-state index in [1.807, 2.05) is 66.7 Å². The quantitative estimate of drug-likeness (QED) is 0.0652. The first-order valence-electron chi connectivity index (χ1n) is 14.5. The molecule has 0 aliphatic carbocycles. The molecule has 3 aliphatic rings. The van der Waals surface area contributed by atoms with E-state index in [4.69, 9.17) is 9.47 Å². The molecule has 0 bridgehead atoms. The number of rotatable bonds is 9. The van der Waals surface area contributed by atoms with Crippen molar-refractivity contribution in [2.24, 2.45) is 0 Å². The predicted molar refractivity (Wildman–Crippen MR) is 184 cm³/mol. The van der Waals surface area contributed by atoms with Crippen molar-refractivity contribution in [1.29, 1.82) is 5.26 Å². The number of phenols is 2. The number of benzene rings is 3. The van der Waals surface area contributed by atoms with Crippen molar-refractivity contribution in [1.82, 2.24) is 10.0 Å². The van der Waals surface area contributed by atoms with E-state index >= 15 is 0 Å². The number of nitrogens with zero attached hydrogens (tertiary/aromatic N) is 3. The van der Waals surface area contributed by atoms with Crippen LogP contribution < -0.4 is 0 Å². The third-order valence-electron chi connectivity index (χ3n) is 7.21. The van der Waals surface area contributed by atoms with Gasteiger partial charge >= 0.3 is 11.9 Å². The third-order valence-corrected chi connectivity index (χ3v) is 12.4. The van der Waals surface area contributed by atoms with Gasteiger partial charge in [0.25, 0.3) is 11.8 Å². The molecular formula is C34H25N3O8S4. The molecule has 3 aromatic rings. The van der Waals surface area contributed by atoms with E-state index in [1.165, 1.54) is 16.9 Å². The number of hydrogen-bond donors (Lipinski definition) is 2. The Kier molecular flexibility index (Phi) is 10.0. The van der Waals surface area contributed by atoms with Gasteiger partial charge < -0.3 is 19.7 Å². The highest BCUT2D eigenvalue weighted by Crippen LogP contribution is 2.68. The second-order valence-electron chi connectivity index (χ2n) is 10.6. The van der Waals surface area contributed by atoms with Crippen LogP contribution in [0.1, 0.15) is 18.1 Å². The Morgan fingerprint density at radius 3 is 1.61 bits per heavy atom. The van der Waals surface area contributed by atoms with Crippen LogP contribution in [0, 0.1) is 11.3 Å². The second-order valence-corrected chi connectivity index (χ2v) is 15.2. The Balaban J connectivity index is 1.26. The fraction of sp³-hybridized carbons (Fsp3) is 0.147. The summed E-state index contributed by atoms with van der Waals surface area (Å²) in [5.74, 6) is -3.05. The van der Waals surface area contributed by atoms with Crippen LogP contribution in [-0.2, 0) is 41.7 Å². The minimum atomic E-state index is -0.961. The van der Waals surface area contributed by atoms with Gasteiger partial charge in [-0.25, -0.2) is 19.6 Å². The smallest absolute Gasteiger partial charge is 0.350 e. The fourth-order valence-corrected chi connectivity index (χ4v) is 10.1. The van der Waals surface area contributed by atoms with E-state index in [9.17, 15) is 34.7 Å². The summed E-state index contributed by atoms with van der Waals surface area (Å²) in [6.07, 6.45) is 0. The van der Waals surface area contributed by atoms with E-state index < -0.39 is 23.8 Å². The number of hydrogen-bond acceptors (Lipinski definition) is 13. The molecular weight excluding hydrogens is 707 g/mol. The van der Waals surface area contributed by atoms with Gasteiger partial charge in [0.15, 0.2) is 5.57 Å². The lowest BCUT2D eigenvalue weighted by atomic mass is 10.2. The standard InChI is InChI=1S/C34H25N3O8S4/c1-18(2)31(42)44-13-14-45-32(43)21(15-35)33-46-25-23(38)27-28(24(39)26(25)47-33)49-34(48-27)22-29(40)36(16-19-9-5-3-6-10-19)37(30(22)41)17-20-11-7-4-8-12-20/h3-12,38-39H,1,13-14,16-17H2,2H3. The molecule has 0 radical (unpaired) electrons. The lowest BCUT2D eigenvalue weighted by Crippen LogP contribution is -2.39. The molecule has 3 aromatic carbocycles. The van der Waals surface area contributed by atoms with Gasteiger partial charge in [0, 0.05) is 5.57 Å². The maximum atomic E-state index is 13.9. The number of carbonyl (C=O) groups excluding carboxylic acids is 4. The first kappa shape index (κ1) is 34.1. The lowest BCUT2D eigenvalue weighted by molar-refractivity contribution is -0.149. The number of amides is 2. The van der Waals surface area contributed by atoms with Crippen LogP contribution in [0.2, 0.25) is 0 Å². The molecule has 248 valence electrons. The molecule has 0 spiro atoms. The highest BCUT2D eigenvalue weighted by Gasteiger charge is 2.46. The van der Waals surface area contributed by atoms with Crippen molar-refractivity contribution in [3.8, 4) is 17.6 Å². The molecule has 0 atom stereocenters. The second kappa shape index (κ2) is 14.4. The van der Waals surface area contributed by atoms with Crippen LogP contribution in [0.3, 0.4) is 0 Å². The average Bonchev–Trinajstić information content (AvgIpc) is 3.79. The van der Waals surface area contributed by atoms with Gasteiger partial charge in [0.05, 0.1) is 41.1 Å². The summed E-state index contributed by atoms with van der Waals surface area (Å²) in [6, 6.07) is 20.4. The van der Waals surface area contributed by atoms with E-state index in [2.05, 4.69) is 6.58 Å². The Hall–Kier alpha value is -4.75. The maximum Gasteiger partial charge on any atom is 0.350 e. The molecule has 3 heterocycles. The monoisotopic (exact) mass is 731 g/mol. The summed E-state index contributed by atoms with van der Waals surface area (Å²) in [7, 11) is 0. The molecule has 2 N–H and O–H groups in total. The number of phenolic OH excluding ortho intramolecular Hbond substituents is 2. The number of ether oxygens (including phenoxy) is 2. The number of fused-ring (bicyclic) bond motifs is 2. The normalized spacial score (nSPS) is 14.9. The zero-order valence-electron chi connectivity index (χ0n) is 25.6. The van der Waals surface area contributed by atoms with Gasteiger partial charge in [0.1, 0.15) is 36.4 Å². The molecule has 0 unspecified atom stereocenters. The molecule has 3 aliphatic heterocycles. The Morgan fingerprint density at radius 2 is 1.18 bits per heavy atom. The average molecular weight is 732 g/mol. The van der Waals surface area contributed by atoms with Crippen molar-refractivity contribution < 1.29 is 38.9 Å². The molecule has 1 saturated heterocycles. The number of aromatic hydroxyl groups is 2. The van der Waals surface area contributed by atoms with Crippen LogP contribution in [0.5, 0.6) is 11.5 Å². The SMILES string of the molecule is C=C(C)C(=O)OCCOC(=O)C(C#N)=C1Sc2c(O)c3c(c(O)c2S1)SC(=C1C(=O)N(Cc2ccccc2)N(Cc2ccccc2)C1=O)S3. The summed E-state index contributed by atoms with van der Waals surface area (Å²) in [5, 5.41) is 35.3. The molecule has 0 aromatic heterocycles.